The number of aliphatic hydroxyl groups excluding tert-OH is 1. The number of carbonyl (C=O) groups is 2. The van der Waals surface area contributed by atoms with Crippen LogP contribution in [0.2, 0.25) is 0 Å². The molecule has 0 saturated carbocycles. The summed E-state index contributed by atoms with van der Waals surface area (Å²) in [6.07, 6.45) is 0.0600. The number of hydrogen-bond acceptors (Lipinski definition) is 3. The summed E-state index contributed by atoms with van der Waals surface area (Å²) in [5.41, 5.74) is 1.71. The molecule has 5 heteroatoms. The van der Waals surface area contributed by atoms with Gasteiger partial charge in [-0.25, -0.2) is 0 Å². The van der Waals surface area contributed by atoms with Crippen molar-refractivity contribution in [2.75, 3.05) is 6.54 Å². The number of aliphatic hydroxyl groups is 1. The number of nitrogens with one attached hydrogen (secondary N) is 2. The van der Waals surface area contributed by atoms with Crippen LogP contribution < -0.4 is 10.6 Å². The van der Waals surface area contributed by atoms with Gasteiger partial charge in [0.1, 0.15) is 6.04 Å². The molecular weight excluding hydrogens is 316 g/mol. The molecule has 1 aromatic rings. The van der Waals surface area contributed by atoms with Crippen LogP contribution in [0.15, 0.2) is 24.3 Å². The van der Waals surface area contributed by atoms with Crippen molar-refractivity contribution in [3.05, 3.63) is 35.4 Å². The molecule has 0 radical (unpaired) electrons. The monoisotopic (exact) mass is 348 g/mol. The van der Waals surface area contributed by atoms with Gasteiger partial charge in [0.25, 0.3) is 5.91 Å². The molecule has 25 heavy (non-hydrogen) atoms. The predicted molar refractivity (Wildman–Crippen MR) is 101 cm³/mol. The Morgan fingerprint density at radius 1 is 1.08 bits per heavy atom. The van der Waals surface area contributed by atoms with Crippen molar-refractivity contribution in [2.24, 2.45) is 5.92 Å². The van der Waals surface area contributed by atoms with Crippen LogP contribution in [0.3, 0.4) is 0 Å². The second-order valence-corrected chi connectivity index (χ2v) is 7.91. The topological polar surface area (TPSA) is 78.4 Å². The zero-order chi connectivity index (χ0) is 19.2. The Hall–Kier alpha value is -1.88. The maximum atomic E-state index is 12.3. The smallest absolute Gasteiger partial charge is 0.251 e. The van der Waals surface area contributed by atoms with Gasteiger partial charge in [-0.05, 0) is 42.4 Å². The van der Waals surface area contributed by atoms with E-state index in [4.69, 9.17) is 0 Å². The zero-order valence-corrected chi connectivity index (χ0v) is 16.2. The van der Waals surface area contributed by atoms with Gasteiger partial charge in [-0.1, -0.05) is 46.8 Å². The molecule has 140 valence electrons. The summed E-state index contributed by atoms with van der Waals surface area (Å²) in [5.74, 6) is -0.369. The SMILES string of the molecule is CC(NC(=O)c1ccc(C(C)(C)C)cc1)C(=O)NCCC(O)C(C)C. The van der Waals surface area contributed by atoms with Gasteiger partial charge in [-0.15, -0.1) is 0 Å². The van der Waals surface area contributed by atoms with Crippen LogP contribution in [0.25, 0.3) is 0 Å². The molecule has 0 fully saturated rings. The molecule has 0 aliphatic carbocycles. The highest BCUT2D eigenvalue weighted by Gasteiger charge is 2.18. The molecule has 0 aromatic heterocycles. The maximum absolute atomic E-state index is 12.3. The predicted octanol–water partition coefficient (Wildman–Crippen LogP) is 2.63. The molecule has 2 unspecified atom stereocenters. The Labute approximate surface area is 151 Å². The van der Waals surface area contributed by atoms with E-state index in [1.54, 1.807) is 19.1 Å². The largest absolute Gasteiger partial charge is 0.393 e. The lowest BCUT2D eigenvalue weighted by molar-refractivity contribution is -0.122. The van der Waals surface area contributed by atoms with E-state index >= 15 is 0 Å². The summed E-state index contributed by atoms with van der Waals surface area (Å²) in [7, 11) is 0. The number of amides is 2. The molecule has 2 atom stereocenters. The van der Waals surface area contributed by atoms with Crippen molar-refractivity contribution >= 4 is 11.8 Å². The highest BCUT2D eigenvalue weighted by Crippen LogP contribution is 2.22. The van der Waals surface area contributed by atoms with E-state index in [0.29, 0.717) is 18.5 Å². The first-order valence-corrected chi connectivity index (χ1v) is 8.89. The number of rotatable bonds is 7. The molecule has 5 nitrogen and oxygen atoms in total. The van der Waals surface area contributed by atoms with Crippen LogP contribution in [-0.4, -0.2) is 35.6 Å². The molecule has 2 amide bonds. The lowest BCUT2D eigenvalue weighted by atomic mass is 9.86. The summed E-state index contributed by atoms with van der Waals surface area (Å²) in [6, 6.07) is 6.80. The quantitative estimate of drug-likeness (QED) is 0.709. The highest BCUT2D eigenvalue weighted by atomic mass is 16.3. The third-order valence-corrected chi connectivity index (χ3v) is 4.26. The van der Waals surface area contributed by atoms with Gasteiger partial charge in [-0.3, -0.25) is 9.59 Å². The normalized spacial score (nSPS) is 14.1. The fourth-order valence-corrected chi connectivity index (χ4v) is 2.30. The van der Waals surface area contributed by atoms with Gasteiger partial charge in [0.15, 0.2) is 0 Å². The Morgan fingerprint density at radius 3 is 2.12 bits per heavy atom. The molecule has 0 spiro atoms. The minimum Gasteiger partial charge on any atom is -0.393 e. The van der Waals surface area contributed by atoms with Crippen LogP contribution in [0.4, 0.5) is 0 Å². The van der Waals surface area contributed by atoms with E-state index in [1.165, 1.54) is 0 Å². The fraction of sp³-hybridized carbons (Fsp3) is 0.600. The molecule has 0 saturated heterocycles. The van der Waals surface area contributed by atoms with E-state index in [-0.39, 0.29) is 23.1 Å². The van der Waals surface area contributed by atoms with Crippen LogP contribution in [0.5, 0.6) is 0 Å². The summed E-state index contributed by atoms with van der Waals surface area (Å²) in [6.45, 7) is 12.2. The fourth-order valence-electron chi connectivity index (χ4n) is 2.30. The summed E-state index contributed by atoms with van der Waals surface area (Å²) < 4.78 is 0. The van der Waals surface area contributed by atoms with Crippen molar-refractivity contribution in [3.8, 4) is 0 Å². The average Bonchev–Trinajstić information content (AvgIpc) is 2.53. The Kier molecular flexibility index (Phi) is 7.61. The molecule has 0 bridgehead atoms. The van der Waals surface area contributed by atoms with Gasteiger partial charge in [0.05, 0.1) is 6.10 Å². The van der Waals surface area contributed by atoms with Crippen molar-refractivity contribution in [3.63, 3.8) is 0 Å². The molecule has 0 aliphatic rings. The van der Waals surface area contributed by atoms with Crippen molar-refractivity contribution < 1.29 is 14.7 Å². The minimum absolute atomic E-state index is 0.0305. The van der Waals surface area contributed by atoms with E-state index in [0.717, 1.165) is 5.56 Å². The maximum Gasteiger partial charge on any atom is 0.251 e. The Morgan fingerprint density at radius 2 is 1.64 bits per heavy atom. The summed E-state index contributed by atoms with van der Waals surface area (Å²) in [4.78, 5) is 24.3. The van der Waals surface area contributed by atoms with Gasteiger partial charge in [0, 0.05) is 12.1 Å². The lowest BCUT2D eigenvalue weighted by Crippen LogP contribution is -2.45. The van der Waals surface area contributed by atoms with Crippen molar-refractivity contribution in [1.29, 1.82) is 0 Å². The standard InChI is InChI=1S/C20H32N2O3/c1-13(2)17(23)11-12-21-18(24)14(3)22-19(25)15-7-9-16(10-8-15)20(4,5)6/h7-10,13-14,17,23H,11-12H2,1-6H3,(H,21,24)(H,22,25). The average molecular weight is 348 g/mol. The first-order chi connectivity index (χ1) is 11.5. The van der Waals surface area contributed by atoms with Crippen LogP contribution >= 0.6 is 0 Å². The van der Waals surface area contributed by atoms with Gasteiger partial charge in [-0.2, -0.15) is 0 Å². The minimum atomic E-state index is -0.633. The Bertz CT molecular complexity index is 574. The summed E-state index contributed by atoms with van der Waals surface area (Å²) in [5, 5.41) is 15.2. The van der Waals surface area contributed by atoms with Crippen molar-refractivity contribution in [1.82, 2.24) is 10.6 Å². The highest BCUT2D eigenvalue weighted by molar-refractivity contribution is 5.97. The second kappa shape index (κ2) is 8.99. The van der Waals surface area contributed by atoms with Crippen LogP contribution in [0, 0.1) is 5.92 Å². The van der Waals surface area contributed by atoms with E-state index < -0.39 is 12.1 Å². The molecular formula is C20H32N2O3. The summed E-state index contributed by atoms with van der Waals surface area (Å²) >= 11 is 0. The number of carbonyl (C=O) groups excluding carboxylic acids is 2. The van der Waals surface area contributed by atoms with E-state index in [1.807, 2.05) is 26.0 Å². The van der Waals surface area contributed by atoms with Gasteiger partial charge < -0.3 is 15.7 Å². The molecule has 0 aliphatic heterocycles. The zero-order valence-electron chi connectivity index (χ0n) is 16.2. The van der Waals surface area contributed by atoms with Crippen LogP contribution in [0.1, 0.15) is 63.9 Å². The molecule has 1 aromatic carbocycles. The molecule has 1 rings (SSSR count). The Balaban J connectivity index is 2.51. The second-order valence-electron chi connectivity index (χ2n) is 7.91. The first kappa shape index (κ1) is 21.2. The third-order valence-electron chi connectivity index (χ3n) is 4.26. The van der Waals surface area contributed by atoms with Crippen molar-refractivity contribution in [2.45, 2.75) is 65.5 Å². The van der Waals surface area contributed by atoms with Gasteiger partial charge in [0.2, 0.25) is 5.91 Å². The number of hydrogen-bond donors (Lipinski definition) is 3. The van der Waals surface area contributed by atoms with E-state index in [2.05, 4.69) is 31.4 Å². The number of benzene rings is 1. The first-order valence-electron chi connectivity index (χ1n) is 8.89. The van der Waals surface area contributed by atoms with Gasteiger partial charge >= 0.3 is 0 Å². The third kappa shape index (κ3) is 6.86. The molecule has 0 heterocycles. The molecule has 3 N–H and O–H groups in total. The van der Waals surface area contributed by atoms with E-state index in [9.17, 15) is 14.7 Å². The van der Waals surface area contributed by atoms with Crippen LogP contribution in [-0.2, 0) is 10.2 Å². The lowest BCUT2D eigenvalue weighted by Gasteiger charge is -2.19.